The van der Waals surface area contributed by atoms with Crippen molar-refractivity contribution in [1.29, 1.82) is 0 Å². The molecule has 0 aromatic carbocycles. The lowest BCUT2D eigenvalue weighted by molar-refractivity contribution is -0.159. The molecule has 0 unspecified atom stereocenters. The standard InChI is InChI=1S/2C7H13NO.C2H2O4/c2*1-2-7(4-8-5-7)6-9-3-1;3-1(4)2(5)6/h2*8H,1-6H2;(H,3,4)(H,5,6). The van der Waals surface area contributed by atoms with Crippen LogP contribution in [0.25, 0.3) is 0 Å². The zero-order valence-corrected chi connectivity index (χ0v) is 14.0. The van der Waals surface area contributed by atoms with Crippen molar-refractivity contribution in [3.05, 3.63) is 0 Å². The second kappa shape index (κ2) is 8.75. The van der Waals surface area contributed by atoms with E-state index in [1.54, 1.807) is 0 Å². The van der Waals surface area contributed by atoms with E-state index in [-0.39, 0.29) is 0 Å². The van der Waals surface area contributed by atoms with Crippen molar-refractivity contribution in [3.63, 3.8) is 0 Å². The molecule has 24 heavy (non-hydrogen) atoms. The molecule has 0 atom stereocenters. The predicted molar refractivity (Wildman–Crippen MR) is 86.0 cm³/mol. The molecule has 4 saturated heterocycles. The highest BCUT2D eigenvalue weighted by Gasteiger charge is 2.39. The predicted octanol–water partition coefficient (Wildman–Crippen LogP) is -0.0716. The number of aliphatic carboxylic acids is 2. The summed E-state index contributed by atoms with van der Waals surface area (Å²) in [6, 6.07) is 0. The summed E-state index contributed by atoms with van der Waals surface area (Å²) in [5.41, 5.74) is 1.14. The first-order valence-corrected chi connectivity index (χ1v) is 8.50. The van der Waals surface area contributed by atoms with Crippen LogP contribution in [0, 0.1) is 10.8 Å². The quantitative estimate of drug-likeness (QED) is 0.451. The number of carbonyl (C=O) groups is 2. The lowest BCUT2D eigenvalue weighted by Crippen LogP contribution is -2.57. The summed E-state index contributed by atoms with van der Waals surface area (Å²) >= 11 is 0. The maximum Gasteiger partial charge on any atom is 0.414 e. The van der Waals surface area contributed by atoms with Gasteiger partial charge in [-0.05, 0) is 25.7 Å². The van der Waals surface area contributed by atoms with Crippen LogP contribution in [0.3, 0.4) is 0 Å². The van der Waals surface area contributed by atoms with E-state index >= 15 is 0 Å². The lowest BCUT2D eigenvalue weighted by Gasteiger charge is -2.44. The molecule has 0 bridgehead atoms. The molecule has 4 N–H and O–H groups in total. The van der Waals surface area contributed by atoms with Crippen molar-refractivity contribution in [1.82, 2.24) is 10.6 Å². The first-order chi connectivity index (χ1) is 11.5. The number of carboxylic acid groups (broad SMARTS) is 2. The number of hydrogen-bond acceptors (Lipinski definition) is 6. The number of nitrogens with one attached hydrogen (secondary N) is 2. The summed E-state index contributed by atoms with van der Waals surface area (Å²) in [5, 5.41) is 21.4. The molecule has 4 fully saturated rings. The maximum atomic E-state index is 9.10. The van der Waals surface area contributed by atoms with E-state index in [1.165, 1.54) is 51.9 Å². The fraction of sp³-hybridized carbons (Fsp3) is 0.875. The molecule has 0 amide bonds. The fourth-order valence-electron chi connectivity index (χ4n) is 3.33. The summed E-state index contributed by atoms with van der Waals surface area (Å²) in [4.78, 5) is 18.2. The van der Waals surface area contributed by atoms with Crippen LogP contribution in [-0.4, -0.2) is 74.8 Å². The van der Waals surface area contributed by atoms with Crippen molar-refractivity contribution in [3.8, 4) is 0 Å². The van der Waals surface area contributed by atoms with Gasteiger partial charge in [0, 0.05) is 50.2 Å². The molecule has 8 heteroatoms. The van der Waals surface area contributed by atoms with Gasteiger partial charge in [0.2, 0.25) is 0 Å². The van der Waals surface area contributed by atoms with E-state index in [2.05, 4.69) is 10.6 Å². The highest BCUT2D eigenvalue weighted by molar-refractivity contribution is 6.27. The second-order valence-corrected chi connectivity index (χ2v) is 7.13. The van der Waals surface area contributed by atoms with Gasteiger partial charge in [0.1, 0.15) is 0 Å². The molecular weight excluding hydrogens is 316 g/mol. The van der Waals surface area contributed by atoms with Crippen molar-refractivity contribution in [2.24, 2.45) is 10.8 Å². The Balaban J connectivity index is 0.000000134. The molecule has 2 spiro atoms. The average Bonchev–Trinajstić information content (AvgIpc) is 2.55. The molecule has 0 radical (unpaired) electrons. The summed E-state index contributed by atoms with van der Waals surface area (Å²) in [6.45, 7) is 8.73. The zero-order chi connectivity index (χ0) is 17.5. The largest absolute Gasteiger partial charge is 0.473 e. The molecule has 4 rings (SSSR count). The van der Waals surface area contributed by atoms with Crippen LogP contribution in [0.5, 0.6) is 0 Å². The first kappa shape index (κ1) is 19.1. The highest BCUT2D eigenvalue weighted by Crippen LogP contribution is 2.32. The highest BCUT2D eigenvalue weighted by atomic mass is 16.5. The molecule has 0 saturated carbocycles. The van der Waals surface area contributed by atoms with Crippen molar-refractivity contribution < 1.29 is 29.3 Å². The molecule has 8 nitrogen and oxygen atoms in total. The minimum Gasteiger partial charge on any atom is -0.473 e. The van der Waals surface area contributed by atoms with Crippen molar-refractivity contribution in [2.45, 2.75) is 25.7 Å². The summed E-state index contributed by atoms with van der Waals surface area (Å²) in [6.07, 6.45) is 5.28. The average molecular weight is 344 g/mol. The summed E-state index contributed by atoms with van der Waals surface area (Å²) in [7, 11) is 0. The van der Waals surface area contributed by atoms with Crippen LogP contribution in [0.1, 0.15) is 25.7 Å². The van der Waals surface area contributed by atoms with Crippen molar-refractivity contribution >= 4 is 11.9 Å². The maximum absolute atomic E-state index is 9.10. The molecule has 4 aliphatic rings. The summed E-state index contributed by atoms with van der Waals surface area (Å²) in [5.74, 6) is -3.65. The minimum atomic E-state index is -1.82. The van der Waals surface area contributed by atoms with Gasteiger partial charge < -0.3 is 30.3 Å². The lowest BCUT2D eigenvalue weighted by atomic mass is 9.77. The molecule has 4 aliphatic heterocycles. The normalized spacial score (nSPS) is 25.8. The van der Waals surface area contributed by atoms with E-state index in [0.29, 0.717) is 10.8 Å². The van der Waals surface area contributed by atoms with Crippen LogP contribution in [0.2, 0.25) is 0 Å². The van der Waals surface area contributed by atoms with Crippen LogP contribution >= 0.6 is 0 Å². The molecule has 138 valence electrons. The van der Waals surface area contributed by atoms with Gasteiger partial charge in [0.25, 0.3) is 0 Å². The van der Waals surface area contributed by atoms with Gasteiger partial charge in [0.05, 0.1) is 13.2 Å². The van der Waals surface area contributed by atoms with Crippen LogP contribution < -0.4 is 10.6 Å². The van der Waals surface area contributed by atoms with Gasteiger partial charge in [-0.1, -0.05) is 0 Å². The molecule has 0 aliphatic carbocycles. The van der Waals surface area contributed by atoms with E-state index < -0.39 is 11.9 Å². The Bertz CT molecular complexity index is 378. The van der Waals surface area contributed by atoms with Crippen LogP contribution in [-0.2, 0) is 19.1 Å². The van der Waals surface area contributed by atoms with Gasteiger partial charge in [-0.2, -0.15) is 0 Å². The zero-order valence-electron chi connectivity index (χ0n) is 14.0. The van der Waals surface area contributed by atoms with Gasteiger partial charge in [0.15, 0.2) is 0 Å². The number of rotatable bonds is 0. The van der Waals surface area contributed by atoms with Crippen LogP contribution in [0.15, 0.2) is 0 Å². The molecule has 0 aromatic rings. The molecule has 0 aromatic heterocycles. The third kappa shape index (κ3) is 5.41. The Hall–Kier alpha value is -1.22. The minimum absolute atomic E-state index is 0.568. The van der Waals surface area contributed by atoms with E-state index in [0.717, 1.165) is 26.4 Å². The first-order valence-electron chi connectivity index (χ1n) is 8.50. The molecule has 4 heterocycles. The third-order valence-electron chi connectivity index (χ3n) is 4.99. The van der Waals surface area contributed by atoms with E-state index in [1.807, 2.05) is 0 Å². The Kier molecular flexibility index (Phi) is 6.97. The Morgan fingerprint density at radius 2 is 1.12 bits per heavy atom. The Morgan fingerprint density at radius 1 is 0.750 bits per heavy atom. The van der Waals surface area contributed by atoms with Gasteiger partial charge in [-0.25, -0.2) is 9.59 Å². The third-order valence-corrected chi connectivity index (χ3v) is 4.99. The Morgan fingerprint density at radius 3 is 1.25 bits per heavy atom. The Labute approximate surface area is 141 Å². The smallest absolute Gasteiger partial charge is 0.414 e. The van der Waals surface area contributed by atoms with E-state index in [4.69, 9.17) is 29.3 Å². The number of carboxylic acids is 2. The monoisotopic (exact) mass is 344 g/mol. The van der Waals surface area contributed by atoms with E-state index in [9.17, 15) is 0 Å². The summed E-state index contributed by atoms with van der Waals surface area (Å²) < 4.78 is 10.8. The second-order valence-electron chi connectivity index (χ2n) is 7.13. The van der Waals surface area contributed by atoms with Gasteiger partial charge in [-0.15, -0.1) is 0 Å². The van der Waals surface area contributed by atoms with Gasteiger partial charge >= 0.3 is 11.9 Å². The van der Waals surface area contributed by atoms with Crippen LogP contribution in [0.4, 0.5) is 0 Å². The fourth-order valence-corrected chi connectivity index (χ4v) is 3.33. The topological polar surface area (TPSA) is 117 Å². The number of hydrogen-bond donors (Lipinski definition) is 4. The van der Waals surface area contributed by atoms with Crippen molar-refractivity contribution in [2.75, 3.05) is 52.6 Å². The molecular formula is C16H28N2O6. The number of ether oxygens (including phenoxy) is 2. The van der Waals surface area contributed by atoms with Gasteiger partial charge in [-0.3, -0.25) is 0 Å². The SMILES string of the molecule is C1COCC2(C1)CNC2.C1COCC2(C1)CNC2.O=C(O)C(=O)O.